The predicted molar refractivity (Wildman–Crippen MR) is 50.5 cm³/mol. The van der Waals surface area contributed by atoms with E-state index in [2.05, 4.69) is 15.6 Å². The van der Waals surface area contributed by atoms with Gasteiger partial charge < -0.3 is 10.6 Å². The molecule has 2 aliphatic rings. The first-order chi connectivity index (χ1) is 5.95. The Labute approximate surface area is 73.6 Å². The smallest absolute Gasteiger partial charge is 0.0964 e. The Kier molecular flexibility index (Phi) is 2.61. The molecule has 12 heavy (non-hydrogen) atoms. The van der Waals surface area contributed by atoms with E-state index in [4.69, 9.17) is 0 Å². The maximum Gasteiger partial charge on any atom is 0.0964 e. The highest BCUT2D eigenvalue weighted by molar-refractivity contribution is 5.83. The second kappa shape index (κ2) is 3.90. The molecule has 0 bridgehead atoms. The highest BCUT2D eigenvalue weighted by Crippen LogP contribution is 2.14. The molecule has 0 spiro atoms. The molecular weight excluding hydrogens is 150 g/mol. The largest absolute Gasteiger partial charge is 0.372 e. The minimum Gasteiger partial charge on any atom is -0.372 e. The van der Waals surface area contributed by atoms with Gasteiger partial charge in [-0.05, 0) is 31.8 Å². The molecule has 0 aromatic carbocycles. The van der Waals surface area contributed by atoms with Gasteiger partial charge in [-0.15, -0.1) is 0 Å². The minimum atomic E-state index is 0.898. The summed E-state index contributed by atoms with van der Waals surface area (Å²) in [5, 5.41) is 6.70. The normalized spacial score (nSPS) is 28.7. The van der Waals surface area contributed by atoms with Gasteiger partial charge in [0.25, 0.3) is 0 Å². The first-order valence-electron chi connectivity index (χ1n) is 4.93. The Balaban J connectivity index is 1.67. The molecule has 0 aromatic heterocycles. The topological polar surface area (TPSA) is 36.4 Å². The van der Waals surface area contributed by atoms with Crippen molar-refractivity contribution in [1.29, 1.82) is 0 Å². The first-order valence-corrected chi connectivity index (χ1v) is 4.93. The number of hydrogen-bond acceptors (Lipinski definition) is 3. The first kappa shape index (κ1) is 8.05. The maximum absolute atomic E-state index is 4.38. The van der Waals surface area contributed by atoms with E-state index in [0.29, 0.717) is 0 Å². The number of rotatable bonds is 3. The van der Waals surface area contributed by atoms with Gasteiger partial charge in [0.2, 0.25) is 0 Å². The van der Waals surface area contributed by atoms with Crippen LogP contribution in [-0.4, -0.2) is 32.0 Å². The molecule has 1 saturated heterocycles. The van der Waals surface area contributed by atoms with Crippen LogP contribution >= 0.6 is 0 Å². The molecule has 2 heterocycles. The van der Waals surface area contributed by atoms with Gasteiger partial charge in [0, 0.05) is 13.0 Å². The highest BCUT2D eigenvalue weighted by Gasteiger charge is 2.15. The van der Waals surface area contributed by atoms with Crippen LogP contribution in [0.3, 0.4) is 0 Å². The van der Waals surface area contributed by atoms with Crippen LogP contribution < -0.4 is 10.6 Å². The molecule has 1 fully saturated rings. The third-order valence-electron chi connectivity index (χ3n) is 2.70. The van der Waals surface area contributed by atoms with E-state index in [1.807, 2.05) is 0 Å². The van der Waals surface area contributed by atoms with Gasteiger partial charge in [0.15, 0.2) is 0 Å². The van der Waals surface area contributed by atoms with E-state index in [9.17, 15) is 0 Å². The van der Waals surface area contributed by atoms with Crippen LogP contribution in [0.15, 0.2) is 4.99 Å². The summed E-state index contributed by atoms with van der Waals surface area (Å²) in [6.45, 7) is 4.47. The molecule has 3 heteroatoms. The fourth-order valence-electron chi connectivity index (χ4n) is 1.92. The SMILES string of the molecule is C1CNC(CCC2CCNC2)=N1. The summed E-state index contributed by atoms with van der Waals surface area (Å²) in [4.78, 5) is 4.38. The van der Waals surface area contributed by atoms with Crippen LogP contribution in [0.4, 0.5) is 0 Å². The monoisotopic (exact) mass is 167 g/mol. The summed E-state index contributed by atoms with van der Waals surface area (Å²) in [6, 6.07) is 0. The van der Waals surface area contributed by atoms with Gasteiger partial charge in [-0.2, -0.15) is 0 Å². The van der Waals surface area contributed by atoms with E-state index < -0.39 is 0 Å². The second-order valence-corrected chi connectivity index (χ2v) is 3.65. The molecule has 2 aliphatic heterocycles. The van der Waals surface area contributed by atoms with E-state index in [-0.39, 0.29) is 0 Å². The number of aliphatic imine (C=N–C) groups is 1. The van der Waals surface area contributed by atoms with Gasteiger partial charge in [-0.1, -0.05) is 0 Å². The van der Waals surface area contributed by atoms with Gasteiger partial charge >= 0.3 is 0 Å². The van der Waals surface area contributed by atoms with Gasteiger partial charge in [0.05, 0.1) is 12.4 Å². The summed E-state index contributed by atoms with van der Waals surface area (Å²) in [5.74, 6) is 2.14. The van der Waals surface area contributed by atoms with Crippen molar-refractivity contribution in [3.05, 3.63) is 0 Å². The third-order valence-corrected chi connectivity index (χ3v) is 2.70. The van der Waals surface area contributed by atoms with Crippen LogP contribution in [0.2, 0.25) is 0 Å². The molecule has 1 unspecified atom stereocenters. The Morgan fingerprint density at radius 3 is 3.08 bits per heavy atom. The quantitative estimate of drug-likeness (QED) is 0.637. The Bertz CT molecular complexity index is 171. The summed E-state index contributed by atoms with van der Waals surface area (Å²) >= 11 is 0. The van der Waals surface area contributed by atoms with Crippen LogP contribution in [0.1, 0.15) is 19.3 Å². The van der Waals surface area contributed by atoms with Crippen molar-refractivity contribution in [3.63, 3.8) is 0 Å². The molecule has 0 aromatic rings. The molecular formula is C9H17N3. The lowest BCUT2D eigenvalue weighted by atomic mass is 10.0. The minimum absolute atomic E-state index is 0.898. The molecule has 0 amide bonds. The van der Waals surface area contributed by atoms with Crippen LogP contribution in [-0.2, 0) is 0 Å². The van der Waals surface area contributed by atoms with Crippen LogP contribution in [0.25, 0.3) is 0 Å². The zero-order valence-electron chi connectivity index (χ0n) is 7.47. The van der Waals surface area contributed by atoms with Crippen molar-refractivity contribution >= 4 is 5.84 Å². The van der Waals surface area contributed by atoms with Gasteiger partial charge in [-0.3, -0.25) is 4.99 Å². The number of nitrogens with zero attached hydrogens (tertiary/aromatic N) is 1. The molecule has 2 N–H and O–H groups in total. The Morgan fingerprint density at radius 2 is 2.42 bits per heavy atom. The van der Waals surface area contributed by atoms with Crippen molar-refractivity contribution in [2.45, 2.75) is 19.3 Å². The molecule has 3 nitrogen and oxygen atoms in total. The van der Waals surface area contributed by atoms with Gasteiger partial charge in [-0.25, -0.2) is 0 Å². The number of hydrogen-bond donors (Lipinski definition) is 2. The lowest BCUT2D eigenvalue weighted by Crippen LogP contribution is -2.19. The summed E-state index contributed by atoms with van der Waals surface area (Å²) in [5.41, 5.74) is 0. The highest BCUT2D eigenvalue weighted by atomic mass is 15.1. The summed E-state index contributed by atoms with van der Waals surface area (Å²) < 4.78 is 0. The van der Waals surface area contributed by atoms with Crippen LogP contribution in [0, 0.1) is 5.92 Å². The summed E-state index contributed by atoms with van der Waals surface area (Å²) in [6.07, 6.45) is 3.82. The number of amidine groups is 1. The van der Waals surface area contributed by atoms with E-state index in [0.717, 1.165) is 25.4 Å². The zero-order chi connectivity index (χ0) is 8.23. The molecule has 0 aliphatic carbocycles. The molecule has 68 valence electrons. The Morgan fingerprint density at radius 1 is 1.42 bits per heavy atom. The third kappa shape index (κ3) is 1.97. The second-order valence-electron chi connectivity index (χ2n) is 3.65. The fourth-order valence-corrected chi connectivity index (χ4v) is 1.92. The predicted octanol–water partition coefficient (Wildman–Crippen LogP) is 0.378. The van der Waals surface area contributed by atoms with Crippen molar-refractivity contribution in [2.24, 2.45) is 10.9 Å². The molecule has 0 radical (unpaired) electrons. The summed E-state index contributed by atoms with van der Waals surface area (Å²) in [7, 11) is 0. The van der Waals surface area contributed by atoms with E-state index in [1.165, 1.54) is 31.8 Å². The lowest BCUT2D eigenvalue weighted by molar-refractivity contribution is 0.543. The lowest BCUT2D eigenvalue weighted by Gasteiger charge is -2.07. The van der Waals surface area contributed by atoms with E-state index in [1.54, 1.807) is 0 Å². The zero-order valence-corrected chi connectivity index (χ0v) is 7.47. The fraction of sp³-hybridized carbons (Fsp3) is 0.889. The molecule has 2 rings (SSSR count). The molecule has 1 atom stereocenters. The van der Waals surface area contributed by atoms with Gasteiger partial charge in [0.1, 0.15) is 0 Å². The maximum atomic E-state index is 4.38. The van der Waals surface area contributed by atoms with Crippen LogP contribution in [0.5, 0.6) is 0 Å². The average Bonchev–Trinajstić information content (AvgIpc) is 2.74. The standard InChI is InChI=1S/C9H17N3/c1(8-3-4-10-7-8)2-9-11-5-6-12-9/h8,10H,1-7H2,(H,11,12). The van der Waals surface area contributed by atoms with Crippen molar-refractivity contribution in [1.82, 2.24) is 10.6 Å². The van der Waals surface area contributed by atoms with Crippen molar-refractivity contribution in [2.75, 3.05) is 26.2 Å². The van der Waals surface area contributed by atoms with E-state index >= 15 is 0 Å². The number of nitrogens with one attached hydrogen (secondary N) is 2. The van der Waals surface area contributed by atoms with Crippen molar-refractivity contribution in [3.8, 4) is 0 Å². The Hall–Kier alpha value is -0.570. The molecule has 0 saturated carbocycles. The van der Waals surface area contributed by atoms with Crippen molar-refractivity contribution < 1.29 is 0 Å². The average molecular weight is 167 g/mol.